The SMILES string of the molecule is COc1cc(NC2CCC(C(=O)O)CC2)ccc1Cl. The van der Waals surface area contributed by atoms with Crippen LogP contribution in [0.4, 0.5) is 5.69 Å². The van der Waals surface area contributed by atoms with E-state index in [1.165, 1.54) is 0 Å². The minimum absolute atomic E-state index is 0.183. The van der Waals surface area contributed by atoms with E-state index < -0.39 is 5.97 Å². The van der Waals surface area contributed by atoms with Crippen molar-refractivity contribution in [2.75, 3.05) is 12.4 Å². The lowest BCUT2D eigenvalue weighted by Crippen LogP contribution is -2.29. The van der Waals surface area contributed by atoms with Crippen molar-refractivity contribution in [3.05, 3.63) is 23.2 Å². The number of rotatable bonds is 4. The van der Waals surface area contributed by atoms with Gasteiger partial charge in [0.15, 0.2) is 0 Å². The van der Waals surface area contributed by atoms with Gasteiger partial charge in [-0.15, -0.1) is 0 Å². The second-order valence-electron chi connectivity index (χ2n) is 4.88. The van der Waals surface area contributed by atoms with Gasteiger partial charge in [-0.2, -0.15) is 0 Å². The summed E-state index contributed by atoms with van der Waals surface area (Å²) in [4.78, 5) is 10.9. The van der Waals surface area contributed by atoms with Crippen LogP contribution in [-0.4, -0.2) is 24.2 Å². The molecule has 1 saturated carbocycles. The van der Waals surface area contributed by atoms with Crippen LogP contribution in [0.15, 0.2) is 18.2 Å². The topological polar surface area (TPSA) is 58.6 Å². The number of hydrogen-bond donors (Lipinski definition) is 2. The first-order chi connectivity index (χ1) is 9.10. The van der Waals surface area contributed by atoms with Crippen molar-refractivity contribution < 1.29 is 14.6 Å². The number of benzene rings is 1. The fourth-order valence-corrected chi connectivity index (χ4v) is 2.66. The maximum absolute atomic E-state index is 10.9. The molecule has 1 aliphatic carbocycles. The molecule has 19 heavy (non-hydrogen) atoms. The highest BCUT2D eigenvalue weighted by Crippen LogP contribution is 2.30. The maximum Gasteiger partial charge on any atom is 0.306 e. The molecule has 0 radical (unpaired) electrons. The summed E-state index contributed by atoms with van der Waals surface area (Å²) in [6.07, 6.45) is 3.22. The van der Waals surface area contributed by atoms with E-state index in [1.54, 1.807) is 13.2 Å². The summed E-state index contributed by atoms with van der Waals surface area (Å²) in [5, 5.41) is 13.0. The average molecular weight is 284 g/mol. The Morgan fingerprint density at radius 2 is 2.05 bits per heavy atom. The minimum atomic E-state index is -0.674. The van der Waals surface area contributed by atoms with E-state index in [0.29, 0.717) is 16.8 Å². The Bertz CT molecular complexity index is 456. The molecule has 0 aliphatic heterocycles. The third-order valence-electron chi connectivity index (χ3n) is 3.60. The molecule has 1 aromatic carbocycles. The molecular weight excluding hydrogens is 266 g/mol. The molecule has 0 heterocycles. The molecule has 4 nitrogen and oxygen atoms in total. The van der Waals surface area contributed by atoms with Crippen molar-refractivity contribution in [3.8, 4) is 5.75 Å². The van der Waals surface area contributed by atoms with E-state index in [1.807, 2.05) is 12.1 Å². The van der Waals surface area contributed by atoms with Gasteiger partial charge in [-0.25, -0.2) is 0 Å². The number of carbonyl (C=O) groups is 1. The Labute approximate surface area is 117 Å². The highest BCUT2D eigenvalue weighted by Gasteiger charge is 2.25. The summed E-state index contributed by atoms with van der Waals surface area (Å²) in [6, 6.07) is 5.90. The van der Waals surface area contributed by atoms with Gasteiger partial charge in [0.1, 0.15) is 5.75 Å². The number of nitrogens with one attached hydrogen (secondary N) is 1. The number of methoxy groups -OCH3 is 1. The van der Waals surface area contributed by atoms with Crippen molar-refractivity contribution in [1.29, 1.82) is 0 Å². The predicted octanol–water partition coefficient (Wildman–Crippen LogP) is 3.40. The average Bonchev–Trinajstić information content (AvgIpc) is 2.41. The molecule has 0 aromatic heterocycles. The lowest BCUT2D eigenvalue weighted by molar-refractivity contribution is -0.142. The zero-order chi connectivity index (χ0) is 13.8. The molecule has 0 bridgehead atoms. The van der Waals surface area contributed by atoms with Crippen LogP contribution in [0.5, 0.6) is 5.75 Å². The number of halogens is 1. The molecule has 1 aromatic rings. The van der Waals surface area contributed by atoms with Crippen molar-refractivity contribution >= 4 is 23.3 Å². The van der Waals surface area contributed by atoms with Gasteiger partial charge in [-0.3, -0.25) is 4.79 Å². The Morgan fingerprint density at radius 1 is 1.37 bits per heavy atom. The second kappa shape index (κ2) is 6.15. The lowest BCUT2D eigenvalue weighted by atomic mass is 9.86. The number of carboxylic acids is 1. The van der Waals surface area contributed by atoms with E-state index in [0.717, 1.165) is 31.4 Å². The highest BCUT2D eigenvalue weighted by atomic mass is 35.5. The molecule has 1 fully saturated rings. The van der Waals surface area contributed by atoms with Crippen LogP contribution in [0.1, 0.15) is 25.7 Å². The lowest BCUT2D eigenvalue weighted by Gasteiger charge is -2.27. The van der Waals surface area contributed by atoms with Gasteiger partial charge in [0.25, 0.3) is 0 Å². The summed E-state index contributed by atoms with van der Waals surface area (Å²) >= 11 is 5.98. The van der Waals surface area contributed by atoms with E-state index >= 15 is 0 Å². The molecule has 0 amide bonds. The number of ether oxygens (including phenoxy) is 1. The molecule has 0 atom stereocenters. The smallest absolute Gasteiger partial charge is 0.306 e. The molecule has 0 unspecified atom stereocenters. The van der Waals surface area contributed by atoms with Crippen molar-refractivity contribution in [2.24, 2.45) is 5.92 Å². The maximum atomic E-state index is 10.9. The fraction of sp³-hybridized carbons (Fsp3) is 0.500. The van der Waals surface area contributed by atoms with E-state index in [9.17, 15) is 4.79 Å². The van der Waals surface area contributed by atoms with Gasteiger partial charge < -0.3 is 15.2 Å². The van der Waals surface area contributed by atoms with E-state index in [2.05, 4.69) is 5.32 Å². The van der Waals surface area contributed by atoms with Crippen LogP contribution in [0.3, 0.4) is 0 Å². The summed E-state index contributed by atoms with van der Waals surface area (Å²) in [5.41, 5.74) is 0.958. The summed E-state index contributed by atoms with van der Waals surface area (Å²) in [7, 11) is 1.59. The summed E-state index contributed by atoms with van der Waals surface area (Å²) < 4.78 is 5.17. The third-order valence-corrected chi connectivity index (χ3v) is 3.91. The van der Waals surface area contributed by atoms with Gasteiger partial charge in [0.2, 0.25) is 0 Å². The Balaban J connectivity index is 1.94. The number of hydrogen-bond acceptors (Lipinski definition) is 3. The van der Waals surface area contributed by atoms with Gasteiger partial charge in [0.05, 0.1) is 18.1 Å². The molecule has 0 spiro atoms. The Morgan fingerprint density at radius 3 is 2.63 bits per heavy atom. The highest BCUT2D eigenvalue weighted by molar-refractivity contribution is 6.32. The Hall–Kier alpha value is -1.42. The van der Waals surface area contributed by atoms with Gasteiger partial charge in [-0.05, 0) is 37.8 Å². The van der Waals surface area contributed by atoms with Crippen LogP contribution < -0.4 is 10.1 Å². The van der Waals surface area contributed by atoms with Crippen LogP contribution in [0, 0.1) is 5.92 Å². The minimum Gasteiger partial charge on any atom is -0.495 e. The number of carboxylic acid groups (broad SMARTS) is 1. The van der Waals surface area contributed by atoms with Gasteiger partial charge >= 0.3 is 5.97 Å². The van der Waals surface area contributed by atoms with Gasteiger partial charge in [-0.1, -0.05) is 11.6 Å². The first-order valence-electron chi connectivity index (χ1n) is 6.43. The Kier molecular flexibility index (Phi) is 4.53. The molecule has 5 heteroatoms. The molecule has 104 valence electrons. The van der Waals surface area contributed by atoms with Crippen molar-refractivity contribution in [1.82, 2.24) is 0 Å². The number of aliphatic carboxylic acids is 1. The van der Waals surface area contributed by atoms with Crippen LogP contribution in [-0.2, 0) is 4.79 Å². The van der Waals surface area contributed by atoms with Crippen molar-refractivity contribution in [2.45, 2.75) is 31.7 Å². The van der Waals surface area contributed by atoms with Crippen LogP contribution in [0.2, 0.25) is 5.02 Å². The fourth-order valence-electron chi connectivity index (χ4n) is 2.47. The van der Waals surface area contributed by atoms with Crippen molar-refractivity contribution in [3.63, 3.8) is 0 Å². The summed E-state index contributed by atoms with van der Waals surface area (Å²) in [6.45, 7) is 0. The third kappa shape index (κ3) is 3.53. The molecule has 1 aliphatic rings. The molecule has 2 rings (SSSR count). The van der Waals surface area contributed by atoms with E-state index in [4.69, 9.17) is 21.4 Å². The largest absolute Gasteiger partial charge is 0.495 e. The quantitative estimate of drug-likeness (QED) is 0.889. The molecular formula is C14H18ClNO3. The predicted molar refractivity (Wildman–Crippen MR) is 75.0 cm³/mol. The van der Waals surface area contributed by atoms with E-state index in [-0.39, 0.29) is 5.92 Å². The monoisotopic (exact) mass is 283 g/mol. The zero-order valence-electron chi connectivity index (χ0n) is 10.9. The number of anilines is 1. The molecule has 2 N–H and O–H groups in total. The second-order valence-corrected chi connectivity index (χ2v) is 5.29. The summed E-state index contributed by atoms with van der Waals surface area (Å²) in [5.74, 6) is -0.213. The van der Waals surface area contributed by atoms with Gasteiger partial charge in [0, 0.05) is 17.8 Å². The molecule has 0 saturated heterocycles. The standard InChI is InChI=1S/C14H18ClNO3/c1-19-13-8-11(6-7-12(13)15)16-10-4-2-9(3-5-10)14(17)18/h6-10,16H,2-5H2,1H3,(H,17,18). The zero-order valence-corrected chi connectivity index (χ0v) is 11.6. The van der Waals surface area contributed by atoms with Crippen LogP contribution >= 0.6 is 11.6 Å². The normalized spacial score (nSPS) is 22.8. The first-order valence-corrected chi connectivity index (χ1v) is 6.81. The first kappa shape index (κ1) is 14.0. The van der Waals surface area contributed by atoms with Crippen LogP contribution in [0.25, 0.3) is 0 Å².